The lowest BCUT2D eigenvalue weighted by Crippen LogP contribution is -2.27. The minimum Gasteiger partial charge on any atom is -0.268 e. The molecule has 6 heteroatoms. The molecule has 1 heterocycles. The van der Waals surface area contributed by atoms with Crippen molar-refractivity contribution in [2.45, 2.75) is 0 Å². The van der Waals surface area contributed by atoms with Gasteiger partial charge < -0.3 is 0 Å². The van der Waals surface area contributed by atoms with Crippen molar-refractivity contribution < 1.29 is 14.0 Å². The van der Waals surface area contributed by atoms with Gasteiger partial charge >= 0.3 is 0 Å². The Morgan fingerprint density at radius 1 is 1.09 bits per heavy atom. The highest BCUT2D eigenvalue weighted by Gasteiger charge is 2.36. The van der Waals surface area contributed by atoms with Gasteiger partial charge in [-0.25, -0.2) is 9.29 Å². The Bertz CT molecular complexity index is 806. The molecule has 3 nitrogen and oxygen atoms in total. The molecular weight excluding hydrogens is 325 g/mol. The van der Waals surface area contributed by atoms with Crippen LogP contribution in [-0.4, -0.2) is 11.1 Å². The first kappa shape index (κ1) is 14.8. The Balaban J connectivity index is 1.95. The van der Waals surface area contributed by atoms with E-state index in [2.05, 4.69) is 0 Å². The van der Waals surface area contributed by atoms with Crippen LogP contribution in [-0.2, 0) is 4.79 Å². The monoisotopic (exact) mass is 333 g/mol. The summed E-state index contributed by atoms with van der Waals surface area (Å²) in [5.74, 6) is -0.843. The van der Waals surface area contributed by atoms with Gasteiger partial charge in [-0.15, -0.1) is 0 Å². The first-order valence-corrected chi connectivity index (χ1v) is 7.53. The highest BCUT2D eigenvalue weighted by molar-refractivity contribution is 8.19. The Hall–Kier alpha value is -2.11. The SMILES string of the molecule is O=C1S/C(=C/c2cccc(F)c2)C(=O)N1c1cccc(Cl)c1. The summed E-state index contributed by atoms with van der Waals surface area (Å²) in [5, 5.41) is 0.0283. The van der Waals surface area contributed by atoms with E-state index in [0.717, 1.165) is 16.7 Å². The molecule has 1 aliphatic heterocycles. The van der Waals surface area contributed by atoms with E-state index in [9.17, 15) is 14.0 Å². The summed E-state index contributed by atoms with van der Waals surface area (Å²) in [7, 11) is 0. The summed E-state index contributed by atoms with van der Waals surface area (Å²) < 4.78 is 13.2. The Morgan fingerprint density at radius 2 is 1.86 bits per heavy atom. The molecule has 3 rings (SSSR count). The van der Waals surface area contributed by atoms with E-state index >= 15 is 0 Å². The average Bonchev–Trinajstić information content (AvgIpc) is 2.73. The van der Waals surface area contributed by atoms with Gasteiger partial charge in [-0.1, -0.05) is 29.8 Å². The number of benzene rings is 2. The van der Waals surface area contributed by atoms with Gasteiger partial charge in [0.1, 0.15) is 5.82 Å². The van der Waals surface area contributed by atoms with E-state index in [1.807, 2.05) is 0 Å². The quantitative estimate of drug-likeness (QED) is 0.746. The van der Waals surface area contributed by atoms with Crippen LogP contribution in [0, 0.1) is 5.82 Å². The molecule has 0 unspecified atom stereocenters. The smallest absolute Gasteiger partial charge is 0.268 e. The number of amides is 2. The third-order valence-electron chi connectivity index (χ3n) is 3.01. The molecule has 1 saturated heterocycles. The second-order valence-corrected chi connectivity index (χ2v) is 5.98. The van der Waals surface area contributed by atoms with Gasteiger partial charge in [0.15, 0.2) is 0 Å². The second-order valence-electron chi connectivity index (χ2n) is 4.55. The maximum atomic E-state index is 13.2. The van der Waals surface area contributed by atoms with E-state index in [0.29, 0.717) is 16.3 Å². The van der Waals surface area contributed by atoms with Gasteiger partial charge in [0.25, 0.3) is 11.1 Å². The van der Waals surface area contributed by atoms with Crippen LogP contribution >= 0.6 is 23.4 Å². The molecule has 2 amide bonds. The van der Waals surface area contributed by atoms with E-state index in [1.54, 1.807) is 36.4 Å². The predicted octanol–water partition coefficient (Wildman–Crippen LogP) is 4.72. The average molecular weight is 334 g/mol. The van der Waals surface area contributed by atoms with Crippen molar-refractivity contribution in [1.29, 1.82) is 0 Å². The molecule has 0 saturated carbocycles. The van der Waals surface area contributed by atoms with Crippen LogP contribution in [0.25, 0.3) is 6.08 Å². The normalized spacial score (nSPS) is 16.6. The van der Waals surface area contributed by atoms with Crippen molar-refractivity contribution in [1.82, 2.24) is 0 Å². The molecule has 0 radical (unpaired) electrons. The lowest BCUT2D eigenvalue weighted by molar-refractivity contribution is -0.113. The molecular formula is C16H9ClFNO2S. The molecule has 0 atom stereocenters. The van der Waals surface area contributed by atoms with Crippen molar-refractivity contribution in [3.05, 3.63) is 69.8 Å². The van der Waals surface area contributed by atoms with Gasteiger partial charge in [-0.3, -0.25) is 9.59 Å². The fourth-order valence-corrected chi connectivity index (χ4v) is 3.08. The topological polar surface area (TPSA) is 37.4 Å². The van der Waals surface area contributed by atoms with E-state index < -0.39 is 17.0 Å². The minimum absolute atomic E-state index is 0.246. The number of anilines is 1. The summed E-state index contributed by atoms with van der Waals surface area (Å²) in [4.78, 5) is 25.8. The van der Waals surface area contributed by atoms with Gasteiger partial charge in [0.05, 0.1) is 10.6 Å². The fourth-order valence-electron chi connectivity index (χ4n) is 2.05. The number of imide groups is 1. The van der Waals surface area contributed by atoms with E-state index in [4.69, 9.17) is 11.6 Å². The molecule has 2 aromatic carbocycles. The second kappa shape index (κ2) is 5.94. The molecule has 0 aromatic heterocycles. The number of hydrogen-bond donors (Lipinski definition) is 0. The number of halogens is 2. The molecule has 0 bridgehead atoms. The van der Waals surface area contributed by atoms with Gasteiger partial charge in [-0.05, 0) is 53.7 Å². The van der Waals surface area contributed by atoms with Crippen molar-refractivity contribution in [2.24, 2.45) is 0 Å². The third-order valence-corrected chi connectivity index (χ3v) is 4.11. The third kappa shape index (κ3) is 2.91. The summed E-state index contributed by atoms with van der Waals surface area (Å²) in [5.41, 5.74) is 0.939. The Kier molecular flexibility index (Phi) is 4.00. The zero-order valence-corrected chi connectivity index (χ0v) is 12.7. The lowest BCUT2D eigenvalue weighted by Gasteiger charge is -2.12. The van der Waals surface area contributed by atoms with Crippen molar-refractivity contribution >= 4 is 46.3 Å². The van der Waals surface area contributed by atoms with Gasteiger partial charge in [0, 0.05) is 5.02 Å². The molecule has 2 aromatic rings. The molecule has 1 fully saturated rings. The molecule has 22 heavy (non-hydrogen) atoms. The van der Waals surface area contributed by atoms with Crippen LogP contribution in [0.15, 0.2) is 53.4 Å². The van der Waals surface area contributed by atoms with Crippen molar-refractivity contribution in [3.8, 4) is 0 Å². The predicted molar refractivity (Wildman–Crippen MR) is 86.3 cm³/mol. The van der Waals surface area contributed by atoms with Crippen LogP contribution in [0.2, 0.25) is 5.02 Å². The number of nitrogens with zero attached hydrogens (tertiary/aromatic N) is 1. The van der Waals surface area contributed by atoms with Crippen LogP contribution in [0.3, 0.4) is 0 Å². The van der Waals surface area contributed by atoms with E-state index in [-0.39, 0.29) is 4.91 Å². The zero-order valence-electron chi connectivity index (χ0n) is 11.1. The highest BCUT2D eigenvalue weighted by atomic mass is 35.5. The number of rotatable bonds is 2. The van der Waals surface area contributed by atoms with Crippen LogP contribution in [0.4, 0.5) is 14.9 Å². The van der Waals surface area contributed by atoms with Crippen LogP contribution in [0.1, 0.15) is 5.56 Å². The fraction of sp³-hybridized carbons (Fsp3) is 0. The molecule has 0 N–H and O–H groups in total. The largest absolute Gasteiger partial charge is 0.298 e. The standard InChI is InChI=1S/C16H9ClFNO2S/c17-11-4-2-6-13(9-11)19-15(20)14(22-16(19)21)8-10-3-1-5-12(18)7-10/h1-9H/b14-8+. The molecule has 0 spiro atoms. The van der Waals surface area contributed by atoms with E-state index in [1.165, 1.54) is 18.2 Å². The Morgan fingerprint density at radius 3 is 2.59 bits per heavy atom. The number of carbonyl (C=O) groups excluding carboxylic acids is 2. The lowest BCUT2D eigenvalue weighted by atomic mass is 10.2. The highest BCUT2D eigenvalue weighted by Crippen LogP contribution is 2.36. The van der Waals surface area contributed by atoms with Crippen LogP contribution in [0.5, 0.6) is 0 Å². The molecule has 110 valence electrons. The molecule has 0 aliphatic carbocycles. The summed E-state index contributed by atoms with van der Waals surface area (Å²) in [6.45, 7) is 0. The summed E-state index contributed by atoms with van der Waals surface area (Å²) in [6.07, 6.45) is 1.50. The first-order chi connectivity index (χ1) is 10.5. The molecule has 1 aliphatic rings. The van der Waals surface area contributed by atoms with Crippen LogP contribution < -0.4 is 4.90 Å². The maximum Gasteiger partial charge on any atom is 0.298 e. The maximum absolute atomic E-state index is 13.2. The first-order valence-electron chi connectivity index (χ1n) is 6.34. The minimum atomic E-state index is -0.443. The number of thioether (sulfide) groups is 1. The van der Waals surface area contributed by atoms with Gasteiger partial charge in [-0.2, -0.15) is 0 Å². The number of carbonyl (C=O) groups is 2. The number of hydrogen-bond acceptors (Lipinski definition) is 3. The van der Waals surface area contributed by atoms with Crippen molar-refractivity contribution in [3.63, 3.8) is 0 Å². The zero-order chi connectivity index (χ0) is 15.7. The Labute approximate surface area is 135 Å². The van der Waals surface area contributed by atoms with Crippen molar-refractivity contribution in [2.75, 3.05) is 4.90 Å². The summed E-state index contributed by atoms with van der Waals surface area (Å²) >= 11 is 6.71. The van der Waals surface area contributed by atoms with Gasteiger partial charge in [0.2, 0.25) is 0 Å². The summed E-state index contributed by atoms with van der Waals surface area (Å²) in [6, 6.07) is 12.3.